The van der Waals surface area contributed by atoms with Crippen molar-refractivity contribution in [1.29, 1.82) is 0 Å². The third kappa shape index (κ3) is 5.79. The molecule has 1 N–H and O–H groups in total. The fourth-order valence-electron chi connectivity index (χ4n) is 4.02. The van der Waals surface area contributed by atoms with Crippen molar-refractivity contribution in [2.24, 2.45) is 11.8 Å². The second kappa shape index (κ2) is 10.5. The van der Waals surface area contributed by atoms with Gasteiger partial charge in [0.1, 0.15) is 10.6 Å². The Morgan fingerprint density at radius 3 is 2.41 bits per heavy atom. The van der Waals surface area contributed by atoms with Gasteiger partial charge in [-0.2, -0.15) is 4.31 Å². The minimum Gasteiger partial charge on any atom is -0.360 e. The lowest BCUT2D eigenvalue weighted by Gasteiger charge is -2.33. The number of sulfonamides is 1. The highest BCUT2D eigenvalue weighted by atomic mass is 32.2. The van der Waals surface area contributed by atoms with Crippen LogP contribution < -0.4 is 5.32 Å². The topological polar surface area (TPSA) is 95.8 Å². The molecule has 0 bridgehead atoms. The van der Waals surface area contributed by atoms with E-state index in [1.807, 2.05) is 6.92 Å². The molecule has 29 heavy (non-hydrogen) atoms. The Kier molecular flexibility index (Phi) is 8.66. The predicted molar refractivity (Wildman–Crippen MR) is 112 cm³/mol. The average molecular weight is 429 g/mol. The van der Waals surface area contributed by atoms with E-state index >= 15 is 0 Å². The van der Waals surface area contributed by atoms with E-state index in [2.05, 4.69) is 29.2 Å². The quantitative estimate of drug-likeness (QED) is 0.574. The van der Waals surface area contributed by atoms with Gasteiger partial charge in [0.05, 0.1) is 0 Å². The van der Waals surface area contributed by atoms with Crippen LogP contribution in [0.2, 0.25) is 0 Å². The number of aromatic nitrogens is 1. The van der Waals surface area contributed by atoms with Crippen LogP contribution >= 0.6 is 0 Å². The van der Waals surface area contributed by atoms with Gasteiger partial charge < -0.3 is 14.7 Å². The van der Waals surface area contributed by atoms with Gasteiger partial charge in [0.25, 0.3) is 0 Å². The molecule has 1 saturated heterocycles. The predicted octanol–water partition coefficient (Wildman–Crippen LogP) is 2.18. The SMILES string of the molecule is CCN(CC)CCCNC(=O)C(C)C1CCN(S(=O)(=O)c2c(C)noc2C)CC1. The molecule has 1 aliphatic heterocycles. The largest absolute Gasteiger partial charge is 0.360 e. The van der Waals surface area contributed by atoms with Gasteiger partial charge in [-0.3, -0.25) is 4.79 Å². The summed E-state index contributed by atoms with van der Waals surface area (Å²) >= 11 is 0. The smallest absolute Gasteiger partial charge is 0.248 e. The van der Waals surface area contributed by atoms with Gasteiger partial charge in [-0.05, 0) is 58.7 Å². The summed E-state index contributed by atoms with van der Waals surface area (Å²) in [6.45, 7) is 14.0. The zero-order chi connectivity index (χ0) is 21.6. The van der Waals surface area contributed by atoms with Crippen LogP contribution in [0.5, 0.6) is 0 Å². The summed E-state index contributed by atoms with van der Waals surface area (Å²) in [6.07, 6.45) is 2.29. The van der Waals surface area contributed by atoms with Crippen LogP contribution in [0.4, 0.5) is 0 Å². The van der Waals surface area contributed by atoms with Gasteiger partial charge in [-0.25, -0.2) is 8.42 Å². The van der Waals surface area contributed by atoms with Crippen LogP contribution in [-0.2, 0) is 14.8 Å². The number of carbonyl (C=O) groups is 1. The van der Waals surface area contributed by atoms with Crippen molar-refractivity contribution >= 4 is 15.9 Å². The number of hydrogen-bond donors (Lipinski definition) is 1. The first-order chi connectivity index (χ1) is 13.7. The van der Waals surface area contributed by atoms with E-state index in [1.54, 1.807) is 13.8 Å². The second-order valence-corrected chi connectivity index (χ2v) is 9.73. The Morgan fingerprint density at radius 2 is 1.90 bits per heavy atom. The van der Waals surface area contributed by atoms with Crippen molar-refractivity contribution in [2.75, 3.05) is 39.3 Å². The molecule has 1 aromatic rings. The van der Waals surface area contributed by atoms with Crippen LogP contribution in [0.15, 0.2) is 9.42 Å². The summed E-state index contributed by atoms with van der Waals surface area (Å²) in [6, 6.07) is 0. The van der Waals surface area contributed by atoms with E-state index in [0.717, 1.165) is 26.1 Å². The Hall–Kier alpha value is -1.45. The maximum absolute atomic E-state index is 12.9. The van der Waals surface area contributed by atoms with Crippen molar-refractivity contribution in [1.82, 2.24) is 19.7 Å². The van der Waals surface area contributed by atoms with Gasteiger partial charge in [-0.1, -0.05) is 25.9 Å². The first kappa shape index (κ1) is 23.8. The van der Waals surface area contributed by atoms with Crippen molar-refractivity contribution in [3.05, 3.63) is 11.5 Å². The number of aryl methyl sites for hydroxylation is 2. The van der Waals surface area contributed by atoms with Gasteiger partial charge in [0.2, 0.25) is 15.9 Å². The third-order valence-corrected chi connectivity index (χ3v) is 8.17. The van der Waals surface area contributed by atoms with Crippen LogP contribution in [0.25, 0.3) is 0 Å². The van der Waals surface area contributed by atoms with Crippen molar-refractivity contribution in [3.63, 3.8) is 0 Å². The van der Waals surface area contributed by atoms with Crippen LogP contribution in [-0.4, -0.2) is 68.0 Å². The molecule has 0 aliphatic carbocycles. The highest BCUT2D eigenvalue weighted by molar-refractivity contribution is 7.89. The van der Waals surface area contributed by atoms with E-state index in [9.17, 15) is 13.2 Å². The van der Waals surface area contributed by atoms with Gasteiger partial charge >= 0.3 is 0 Å². The van der Waals surface area contributed by atoms with Crippen molar-refractivity contribution in [3.8, 4) is 0 Å². The first-order valence-corrected chi connectivity index (χ1v) is 12.1. The molecule has 166 valence electrons. The molecule has 1 amide bonds. The van der Waals surface area contributed by atoms with E-state index in [-0.39, 0.29) is 22.6 Å². The standard InChI is InChI=1S/C20H36N4O4S/c1-6-23(7-2)12-8-11-21-20(25)15(3)18-9-13-24(14-10-18)29(26,27)19-16(4)22-28-17(19)5/h15,18H,6-14H2,1-5H3,(H,21,25). The summed E-state index contributed by atoms with van der Waals surface area (Å²) in [5.41, 5.74) is 0.391. The molecule has 1 aliphatic rings. The average Bonchev–Trinajstić information content (AvgIpc) is 3.06. The molecule has 8 nitrogen and oxygen atoms in total. The number of rotatable bonds is 10. The molecular weight excluding hydrogens is 392 g/mol. The number of nitrogens with zero attached hydrogens (tertiary/aromatic N) is 3. The maximum Gasteiger partial charge on any atom is 0.248 e. The summed E-state index contributed by atoms with van der Waals surface area (Å²) in [4.78, 5) is 15.0. The molecule has 1 aromatic heterocycles. The van der Waals surface area contributed by atoms with E-state index in [4.69, 9.17) is 4.52 Å². The first-order valence-electron chi connectivity index (χ1n) is 10.6. The van der Waals surface area contributed by atoms with E-state index in [0.29, 0.717) is 43.9 Å². The van der Waals surface area contributed by atoms with Gasteiger partial charge in [0, 0.05) is 25.6 Å². The van der Waals surface area contributed by atoms with Crippen LogP contribution in [0.3, 0.4) is 0 Å². The number of carbonyl (C=O) groups excluding carboxylic acids is 1. The number of amides is 1. The fraction of sp³-hybridized carbons (Fsp3) is 0.800. The minimum absolute atomic E-state index is 0.0663. The summed E-state index contributed by atoms with van der Waals surface area (Å²) in [5, 5.41) is 6.81. The van der Waals surface area contributed by atoms with Gasteiger partial charge in [0.15, 0.2) is 5.76 Å². The third-order valence-electron chi connectivity index (χ3n) is 6.03. The lowest BCUT2D eigenvalue weighted by Crippen LogP contribution is -2.43. The minimum atomic E-state index is -3.61. The van der Waals surface area contributed by atoms with E-state index in [1.165, 1.54) is 4.31 Å². The second-order valence-electron chi connectivity index (χ2n) is 7.85. The molecule has 1 fully saturated rings. The Morgan fingerprint density at radius 1 is 1.28 bits per heavy atom. The summed E-state index contributed by atoms with van der Waals surface area (Å²) < 4.78 is 32.4. The van der Waals surface area contributed by atoms with E-state index < -0.39 is 10.0 Å². The lowest BCUT2D eigenvalue weighted by atomic mass is 9.85. The number of hydrogen-bond acceptors (Lipinski definition) is 6. The zero-order valence-electron chi connectivity index (χ0n) is 18.4. The molecule has 1 unspecified atom stereocenters. The highest BCUT2D eigenvalue weighted by Gasteiger charge is 2.36. The maximum atomic E-state index is 12.9. The molecular formula is C20H36N4O4S. The molecule has 2 heterocycles. The van der Waals surface area contributed by atoms with Crippen molar-refractivity contribution in [2.45, 2.75) is 58.8 Å². The molecule has 0 spiro atoms. The summed E-state index contributed by atoms with van der Waals surface area (Å²) in [7, 11) is -3.61. The van der Waals surface area contributed by atoms with Gasteiger partial charge in [-0.15, -0.1) is 0 Å². The Balaban J connectivity index is 1.83. The normalized spacial score (nSPS) is 17.6. The molecule has 0 aromatic carbocycles. The number of nitrogens with one attached hydrogen (secondary N) is 1. The molecule has 0 radical (unpaired) electrons. The highest BCUT2D eigenvalue weighted by Crippen LogP contribution is 2.30. The monoisotopic (exact) mass is 428 g/mol. The fourth-order valence-corrected chi connectivity index (χ4v) is 5.78. The van der Waals surface area contributed by atoms with Crippen molar-refractivity contribution < 1.29 is 17.7 Å². The zero-order valence-corrected chi connectivity index (χ0v) is 19.2. The van der Waals surface area contributed by atoms with Crippen LogP contribution in [0.1, 0.15) is 51.5 Å². The summed E-state index contributed by atoms with van der Waals surface area (Å²) in [5.74, 6) is 0.458. The molecule has 9 heteroatoms. The Labute approximate surface area is 175 Å². The molecule has 0 saturated carbocycles. The molecule has 1 atom stereocenters. The molecule has 2 rings (SSSR count). The number of piperidine rings is 1. The Bertz CT molecular complexity index is 746. The lowest BCUT2D eigenvalue weighted by molar-refractivity contribution is -0.126. The van der Waals surface area contributed by atoms with Crippen LogP contribution in [0, 0.1) is 25.7 Å².